The maximum absolute atomic E-state index is 6.34. The number of likely N-dealkylation sites (tertiary alicyclic amines) is 1. The molecule has 1 saturated heterocycles. The van der Waals surface area contributed by atoms with Gasteiger partial charge in [-0.1, -0.05) is 53.6 Å². The van der Waals surface area contributed by atoms with E-state index in [0.717, 1.165) is 61.2 Å². The highest BCUT2D eigenvalue weighted by Gasteiger charge is 2.30. The fourth-order valence-electron chi connectivity index (χ4n) is 4.77. The van der Waals surface area contributed by atoms with Gasteiger partial charge in [-0.25, -0.2) is 0 Å². The molecule has 5 rings (SSSR count). The Bertz CT molecular complexity index is 1100. The quantitative estimate of drug-likeness (QED) is 0.498. The molecule has 32 heavy (non-hydrogen) atoms. The van der Waals surface area contributed by atoms with Crippen LogP contribution in [0.4, 0.5) is 0 Å². The van der Waals surface area contributed by atoms with E-state index in [4.69, 9.17) is 28.2 Å². The summed E-state index contributed by atoms with van der Waals surface area (Å²) in [5.41, 5.74) is 5.38. The molecule has 161 valence electrons. The first-order chi connectivity index (χ1) is 15.7. The van der Waals surface area contributed by atoms with Crippen molar-refractivity contribution in [2.75, 3.05) is 19.6 Å². The molecule has 1 aromatic heterocycles. The normalized spacial score (nSPS) is 21.7. The van der Waals surface area contributed by atoms with Crippen molar-refractivity contribution in [1.29, 1.82) is 0 Å². The van der Waals surface area contributed by atoms with Gasteiger partial charge in [0, 0.05) is 24.5 Å². The van der Waals surface area contributed by atoms with Crippen molar-refractivity contribution in [3.8, 4) is 0 Å². The molecule has 1 aliphatic carbocycles. The van der Waals surface area contributed by atoms with Crippen molar-refractivity contribution in [1.82, 2.24) is 9.88 Å². The molecule has 0 spiro atoms. The monoisotopic (exact) mass is 460 g/mol. The molecule has 0 saturated carbocycles. The number of allylic oxidation sites excluding steroid dienone is 3. The number of piperidine rings is 1. The first-order valence-electron chi connectivity index (χ1n) is 11.3. The van der Waals surface area contributed by atoms with Gasteiger partial charge in [0.05, 0.1) is 15.7 Å². The smallest absolute Gasteiger partial charge is 0.215 e. The largest absolute Gasteiger partial charge is 0.303 e. The molecule has 3 heterocycles. The fourth-order valence-corrected chi connectivity index (χ4v) is 5.07. The van der Waals surface area contributed by atoms with E-state index in [0.29, 0.717) is 21.9 Å². The first kappa shape index (κ1) is 21.7. The van der Waals surface area contributed by atoms with Crippen LogP contribution in [-0.2, 0) is 0 Å². The van der Waals surface area contributed by atoms with Crippen LogP contribution in [0.25, 0.3) is 11.2 Å². The maximum atomic E-state index is 6.34. The first-order valence-corrected chi connectivity index (χ1v) is 12.0. The van der Waals surface area contributed by atoms with Gasteiger partial charge < -0.3 is 4.90 Å². The summed E-state index contributed by atoms with van der Waals surface area (Å²) in [4.78, 5) is 11.9. The Labute approximate surface area is 200 Å². The van der Waals surface area contributed by atoms with Crippen molar-refractivity contribution >= 4 is 47.3 Å². The highest BCUT2D eigenvalue weighted by atomic mass is 35.5. The Morgan fingerprint density at radius 2 is 1.78 bits per heavy atom. The molecule has 1 unspecified atom stereocenters. The van der Waals surface area contributed by atoms with Crippen molar-refractivity contribution in [2.45, 2.75) is 19.3 Å². The molecule has 0 amide bonds. The number of aromatic nitrogens is 1. The van der Waals surface area contributed by atoms with Gasteiger partial charge in [-0.2, -0.15) is 0 Å². The van der Waals surface area contributed by atoms with Crippen LogP contribution in [0.3, 0.4) is 0 Å². The number of pyridine rings is 1. The van der Waals surface area contributed by atoms with Crippen LogP contribution in [0.1, 0.15) is 30.4 Å². The van der Waals surface area contributed by atoms with E-state index in [9.17, 15) is 0 Å². The summed E-state index contributed by atoms with van der Waals surface area (Å²) in [6, 6.07) is 9.85. The third kappa shape index (κ3) is 4.78. The third-order valence-electron chi connectivity index (χ3n) is 6.54. The summed E-state index contributed by atoms with van der Waals surface area (Å²) < 4.78 is 0. The van der Waals surface area contributed by atoms with Crippen LogP contribution in [0, 0.1) is 11.8 Å². The van der Waals surface area contributed by atoms with Crippen LogP contribution in [0.15, 0.2) is 72.0 Å². The van der Waals surface area contributed by atoms with E-state index >= 15 is 0 Å². The molecule has 2 aliphatic heterocycles. The minimum atomic E-state index is 0.477. The standard InChI is InChI=1S/C26H25BCl2N3/c28-22-7-6-21(16-23(22)29)24-25(19-8-12-30-13-9-19)31-26(27-24)20-10-14-32(15-11-20)17-18-4-2-1-3-5-18/h1-4,6-9,12-13,16,18,20H,5,10-11,14-15,17H2. The molecule has 0 N–H and O–H groups in total. The summed E-state index contributed by atoms with van der Waals surface area (Å²) in [6.07, 6.45) is 16.0. The van der Waals surface area contributed by atoms with Gasteiger partial charge in [0.15, 0.2) is 0 Å². The van der Waals surface area contributed by atoms with E-state index in [-0.39, 0.29) is 0 Å². The van der Waals surface area contributed by atoms with E-state index < -0.39 is 0 Å². The van der Waals surface area contributed by atoms with Gasteiger partial charge in [0.2, 0.25) is 7.28 Å². The van der Waals surface area contributed by atoms with Crippen LogP contribution < -0.4 is 0 Å². The van der Waals surface area contributed by atoms with Gasteiger partial charge >= 0.3 is 0 Å². The lowest BCUT2D eigenvalue weighted by molar-refractivity contribution is 0.192. The number of hydrogen-bond donors (Lipinski definition) is 0. The Morgan fingerprint density at radius 3 is 2.50 bits per heavy atom. The van der Waals surface area contributed by atoms with Gasteiger partial charge in [-0.05, 0) is 85.1 Å². The number of hydrogen-bond acceptors (Lipinski definition) is 3. The minimum absolute atomic E-state index is 0.477. The molecule has 1 aromatic carbocycles. The molecule has 0 bridgehead atoms. The number of nitrogens with zero attached hydrogens (tertiary/aromatic N) is 3. The summed E-state index contributed by atoms with van der Waals surface area (Å²) in [7, 11) is 2.25. The van der Waals surface area contributed by atoms with E-state index in [2.05, 4.69) is 41.5 Å². The maximum Gasteiger partial charge on any atom is 0.215 e. The zero-order valence-electron chi connectivity index (χ0n) is 17.9. The van der Waals surface area contributed by atoms with Crippen LogP contribution in [-0.4, -0.2) is 42.4 Å². The SMILES string of the molecule is Clc1ccc(C2=C(c3ccncc3)N=C(C3CCN(CC4C=CC=CC4)CC3)[B]2)cc1Cl. The number of aliphatic imine (C=N–C) groups is 1. The average molecular weight is 461 g/mol. The van der Waals surface area contributed by atoms with Gasteiger partial charge in [0.25, 0.3) is 0 Å². The third-order valence-corrected chi connectivity index (χ3v) is 7.28. The molecule has 2 aromatic rings. The molecule has 1 radical (unpaired) electrons. The fraction of sp³-hybridized carbons (Fsp3) is 0.308. The zero-order chi connectivity index (χ0) is 21.9. The summed E-state index contributed by atoms with van der Waals surface area (Å²) in [6.45, 7) is 3.40. The lowest BCUT2D eigenvalue weighted by atomic mass is 9.59. The Morgan fingerprint density at radius 1 is 0.969 bits per heavy atom. The van der Waals surface area contributed by atoms with Gasteiger partial charge in [0.1, 0.15) is 0 Å². The van der Waals surface area contributed by atoms with Gasteiger partial charge in [-0.15, -0.1) is 0 Å². The molecular formula is C26H25BCl2N3. The molecule has 3 aliphatic rings. The second-order valence-electron chi connectivity index (χ2n) is 8.69. The van der Waals surface area contributed by atoms with E-state index in [1.807, 2.05) is 42.7 Å². The zero-order valence-corrected chi connectivity index (χ0v) is 19.4. The number of rotatable bonds is 5. The molecule has 3 nitrogen and oxygen atoms in total. The summed E-state index contributed by atoms with van der Waals surface area (Å²) in [5, 5.41) is 1.13. The molecular weight excluding hydrogens is 436 g/mol. The number of halogens is 2. The predicted molar refractivity (Wildman–Crippen MR) is 136 cm³/mol. The van der Waals surface area contributed by atoms with Crippen molar-refractivity contribution in [2.24, 2.45) is 16.8 Å². The van der Waals surface area contributed by atoms with E-state index in [1.54, 1.807) is 0 Å². The van der Waals surface area contributed by atoms with Crippen LogP contribution in [0.2, 0.25) is 10.0 Å². The Kier molecular flexibility index (Phi) is 6.63. The lowest BCUT2D eigenvalue weighted by Gasteiger charge is -2.34. The minimum Gasteiger partial charge on any atom is -0.303 e. The highest BCUT2D eigenvalue weighted by Crippen LogP contribution is 2.36. The topological polar surface area (TPSA) is 28.5 Å². The highest BCUT2D eigenvalue weighted by molar-refractivity contribution is 6.93. The van der Waals surface area contributed by atoms with Crippen molar-refractivity contribution < 1.29 is 0 Å². The average Bonchev–Trinajstić information content (AvgIpc) is 3.28. The molecule has 1 fully saturated rings. The Hall–Kier alpha value is -2.14. The van der Waals surface area contributed by atoms with E-state index in [1.165, 1.54) is 5.61 Å². The van der Waals surface area contributed by atoms with Crippen molar-refractivity contribution in [3.05, 3.63) is 88.2 Å². The second-order valence-corrected chi connectivity index (χ2v) is 9.51. The molecule has 1 atom stereocenters. The molecule has 6 heteroatoms. The number of benzene rings is 1. The van der Waals surface area contributed by atoms with Crippen molar-refractivity contribution in [3.63, 3.8) is 0 Å². The van der Waals surface area contributed by atoms with Crippen LogP contribution >= 0.6 is 23.2 Å². The van der Waals surface area contributed by atoms with Crippen LogP contribution in [0.5, 0.6) is 0 Å². The Balaban J connectivity index is 1.32. The van der Waals surface area contributed by atoms with Gasteiger partial charge in [-0.3, -0.25) is 9.98 Å². The summed E-state index contributed by atoms with van der Waals surface area (Å²) in [5.74, 6) is 1.12. The lowest BCUT2D eigenvalue weighted by Crippen LogP contribution is -2.39. The predicted octanol–water partition coefficient (Wildman–Crippen LogP) is 6.17. The summed E-state index contributed by atoms with van der Waals surface area (Å²) >= 11 is 12.5. The second kappa shape index (κ2) is 9.78.